The number of nitrogens with one attached hydrogen (secondary N) is 2. The second-order valence-electron chi connectivity index (χ2n) is 5.07. The quantitative estimate of drug-likeness (QED) is 0.550. The molecule has 0 radical (unpaired) electrons. The molecule has 0 fully saturated rings. The lowest BCUT2D eigenvalue weighted by atomic mass is 10.0. The molecular weight excluding hydrogens is 218 g/mol. The van der Waals surface area contributed by atoms with Crippen molar-refractivity contribution < 1.29 is 9.90 Å². The van der Waals surface area contributed by atoms with Gasteiger partial charge in [0.1, 0.15) is 0 Å². The molecule has 1 unspecified atom stereocenters. The van der Waals surface area contributed by atoms with E-state index >= 15 is 0 Å². The second-order valence-corrected chi connectivity index (χ2v) is 5.07. The number of aliphatic hydroxyl groups is 1. The van der Waals surface area contributed by atoms with Crippen LogP contribution in [0.3, 0.4) is 0 Å². The van der Waals surface area contributed by atoms with Gasteiger partial charge in [0.25, 0.3) is 0 Å². The summed E-state index contributed by atoms with van der Waals surface area (Å²) in [5, 5.41) is 14.3. The van der Waals surface area contributed by atoms with Crippen LogP contribution in [0.4, 0.5) is 4.79 Å². The Bertz CT molecular complexity index is 198. The number of carbonyl (C=O) groups excluding carboxylic acids is 1. The molecule has 0 aromatic rings. The predicted octanol–water partition coefficient (Wildman–Crippen LogP) is 0.644. The lowest BCUT2D eigenvalue weighted by Gasteiger charge is -2.24. The van der Waals surface area contributed by atoms with Crippen molar-refractivity contribution in [3.05, 3.63) is 0 Å². The zero-order valence-electron chi connectivity index (χ0n) is 11.5. The number of amides is 2. The lowest BCUT2D eigenvalue weighted by Crippen LogP contribution is -2.47. The zero-order chi connectivity index (χ0) is 13.3. The Morgan fingerprint density at radius 3 is 2.47 bits per heavy atom. The first kappa shape index (κ1) is 16.2. The third-order valence-electron chi connectivity index (χ3n) is 2.30. The van der Waals surface area contributed by atoms with Crippen LogP contribution in [0.2, 0.25) is 0 Å². The van der Waals surface area contributed by atoms with E-state index < -0.39 is 0 Å². The topological polar surface area (TPSA) is 64.6 Å². The molecule has 0 heterocycles. The Kier molecular flexibility index (Phi) is 8.80. The molecule has 5 nitrogen and oxygen atoms in total. The van der Waals surface area contributed by atoms with E-state index in [4.69, 9.17) is 5.11 Å². The van der Waals surface area contributed by atoms with Gasteiger partial charge in [0.2, 0.25) is 0 Å². The van der Waals surface area contributed by atoms with Crippen LogP contribution in [-0.4, -0.2) is 55.9 Å². The summed E-state index contributed by atoms with van der Waals surface area (Å²) in [6.45, 7) is 5.75. The molecule has 0 saturated carbocycles. The maximum absolute atomic E-state index is 11.6. The number of aliphatic hydroxyl groups excluding tert-OH is 1. The van der Waals surface area contributed by atoms with Crippen molar-refractivity contribution in [2.24, 2.45) is 5.92 Å². The number of carbonyl (C=O) groups is 1. The molecule has 0 aliphatic heterocycles. The molecule has 0 aromatic carbocycles. The fraction of sp³-hybridized carbons (Fsp3) is 0.917. The smallest absolute Gasteiger partial charge is 0.315 e. The Morgan fingerprint density at radius 1 is 1.35 bits per heavy atom. The highest BCUT2D eigenvalue weighted by atomic mass is 16.3. The van der Waals surface area contributed by atoms with E-state index in [2.05, 4.69) is 29.4 Å². The second kappa shape index (κ2) is 9.24. The van der Waals surface area contributed by atoms with E-state index in [1.54, 1.807) is 0 Å². The summed E-state index contributed by atoms with van der Waals surface area (Å²) in [6.07, 6.45) is 1.56. The van der Waals surface area contributed by atoms with Gasteiger partial charge < -0.3 is 20.6 Å². The molecule has 0 bridgehead atoms. The number of hydrogen-bond donors (Lipinski definition) is 3. The number of likely N-dealkylation sites (N-methyl/N-ethyl adjacent to an activating group) is 1. The van der Waals surface area contributed by atoms with Crippen LogP contribution >= 0.6 is 0 Å². The Hall–Kier alpha value is -0.810. The molecular formula is C12H27N3O2. The van der Waals surface area contributed by atoms with Crippen LogP contribution in [0.25, 0.3) is 0 Å². The summed E-state index contributed by atoms with van der Waals surface area (Å²) in [6, 6.07) is 0.0186. The first-order valence-corrected chi connectivity index (χ1v) is 6.25. The SMILES string of the molecule is CC(C)CC(CN(C)C)NC(=O)NCCCO. The van der Waals surface area contributed by atoms with Crippen LogP contribution in [0.15, 0.2) is 0 Å². The molecule has 0 aromatic heterocycles. The summed E-state index contributed by atoms with van der Waals surface area (Å²) in [5.74, 6) is 0.553. The first-order chi connectivity index (χ1) is 7.95. The fourth-order valence-corrected chi connectivity index (χ4v) is 1.71. The van der Waals surface area contributed by atoms with Crippen LogP contribution in [-0.2, 0) is 0 Å². The minimum atomic E-state index is -0.147. The molecule has 17 heavy (non-hydrogen) atoms. The van der Waals surface area contributed by atoms with Gasteiger partial charge in [0.05, 0.1) is 0 Å². The zero-order valence-corrected chi connectivity index (χ0v) is 11.5. The van der Waals surface area contributed by atoms with Crippen molar-refractivity contribution in [2.75, 3.05) is 33.8 Å². The molecule has 0 aliphatic rings. The summed E-state index contributed by atoms with van der Waals surface area (Å²) in [7, 11) is 4.00. The van der Waals surface area contributed by atoms with Gasteiger partial charge >= 0.3 is 6.03 Å². The van der Waals surface area contributed by atoms with Gasteiger partial charge in [-0.15, -0.1) is 0 Å². The van der Waals surface area contributed by atoms with Crippen LogP contribution in [0.1, 0.15) is 26.7 Å². The minimum Gasteiger partial charge on any atom is -0.396 e. The summed E-state index contributed by atoms with van der Waals surface area (Å²) >= 11 is 0. The lowest BCUT2D eigenvalue weighted by molar-refractivity contribution is 0.227. The Balaban J connectivity index is 3.99. The number of hydrogen-bond acceptors (Lipinski definition) is 3. The van der Waals surface area contributed by atoms with E-state index in [0.29, 0.717) is 18.9 Å². The number of urea groups is 1. The molecule has 2 amide bonds. The van der Waals surface area contributed by atoms with Crippen molar-refractivity contribution in [1.82, 2.24) is 15.5 Å². The minimum absolute atomic E-state index is 0.105. The molecule has 1 atom stereocenters. The molecule has 5 heteroatoms. The highest BCUT2D eigenvalue weighted by Crippen LogP contribution is 2.05. The van der Waals surface area contributed by atoms with Gasteiger partial charge in [-0.3, -0.25) is 0 Å². The largest absolute Gasteiger partial charge is 0.396 e. The van der Waals surface area contributed by atoms with E-state index in [-0.39, 0.29) is 18.7 Å². The van der Waals surface area contributed by atoms with Crippen LogP contribution < -0.4 is 10.6 Å². The van der Waals surface area contributed by atoms with Crippen molar-refractivity contribution in [3.63, 3.8) is 0 Å². The van der Waals surface area contributed by atoms with E-state index in [1.165, 1.54) is 0 Å². The highest BCUT2D eigenvalue weighted by Gasteiger charge is 2.14. The normalized spacial score (nSPS) is 12.9. The molecule has 0 aliphatic carbocycles. The third-order valence-corrected chi connectivity index (χ3v) is 2.30. The standard InChI is InChI=1S/C12H27N3O2/c1-10(2)8-11(9-15(3)4)14-12(17)13-6-5-7-16/h10-11,16H,5-9H2,1-4H3,(H2,13,14,17). The maximum atomic E-state index is 11.6. The van der Waals surface area contributed by atoms with Gasteiger partial charge in [0, 0.05) is 25.7 Å². The Morgan fingerprint density at radius 2 is 2.00 bits per heavy atom. The monoisotopic (exact) mass is 245 g/mol. The maximum Gasteiger partial charge on any atom is 0.315 e. The van der Waals surface area contributed by atoms with Gasteiger partial charge in [-0.05, 0) is 32.9 Å². The molecule has 0 rings (SSSR count). The van der Waals surface area contributed by atoms with Crippen molar-refractivity contribution in [2.45, 2.75) is 32.7 Å². The Labute approximate surface area is 105 Å². The molecule has 102 valence electrons. The molecule has 3 N–H and O–H groups in total. The van der Waals surface area contributed by atoms with E-state index in [9.17, 15) is 4.79 Å². The predicted molar refractivity (Wildman–Crippen MR) is 70.0 cm³/mol. The third kappa shape index (κ3) is 10.1. The van der Waals surface area contributed by atoms with Crippen LogP contribution in [0.5, 0.6) is 0 Å². The van der Waals surface area contributed by atoms with Crippen molar-refractivity contribution in [3.8, 4) is 0 Å². The molecule has 0 spiro atoms. The summed E-state index contributed by atoms with van der Waals surface area (Å²) < 4.78 is 0. The van der Waals surface area contributed by atoms with E-state index in [0.717, 1.165) is 13.0 Å². The van der Waals surface area contributed by atoms with E-state index in [1.807, 2.05) is 14.1 Å². The highest BCUT2D eigenvalue weighted by molar-refractivity contribution is 5.74. The van der Waals surface area contributed by atoms with Gasteiger partial charge in [-0.25, -0.2) is 4.79 Å². The van der Waals surface area contributed by atoms with Gasteiger partial charge in [0.15, 0.2) is 0 Å². The average molecular weight is 245 g/mol. The number of nitrogens with zero attached hydrogens (tertiary/aromatic N) is 1. The number of rotatable bonds is 8. The van der Waals surface area contributed by atoms with Gasteiger partial charge in [-0.1, -0.05) is 13.8 Å². The van der Waals surface area contributed by atoms with Gasteiger partial charge in [-0.2, -0.15) is 0 Å². The molecule has 0 saturated heterocycles. The van der Waals surface area contributed by atoms with Crippen molar-refractivity contribution >= 4 is 6.03 Å². The average Bonchev–Trinajstić information content (AvgIpc) is 2.15. The summed E-state index contributed by atoms with van der Waals surface area (Å²) in [4.78, 5) is 13.6. The first-order valence-electron chi connectivity index (χ1n) is 6.25. The van der Waals surface area contributed by atoms with Crippen molar-refractivity contribution in [1.29, 1.82) is 0 Å². The summed E-state index contributed by atoms with van der Waals surface area (Å²) in [5.41, 5.74) is 0. The fourth-order valence-electron chi connectivity index (χ4n) is 1.71. The van der Waals surface area contributed by atoms with Crippen LogP contribution in [0, 0.1) is 5.92 Å².